The minimum atomic E-state index is 0.309. The Bertz CT molecular complexity index is 502. The fraction of sp³-hybridized carbons (Fsp3) is 0.533. The number of nitrogens with zero attached hydrogens (tertiary/aromatic N) is 2. The molecule has 2 heterocycles. The van der Waals surface area contributed by atoms with Crippen LogP contribution in [0.2, 0.25) is 0 Å². The molecule has 1 unspecified atom stereocenters. The first-order chi connectivity index (χ1) is 9.35. The second kappa shape index (κ2) is 5.72. The van der Waals surface area contributed by atoms with Crippen molar-refractivity contribution in [2.45, 2.75) is 25.8 Å². The summed E-state index contributed by atoms with van der Waals surface area (Å²) in [4.78, 5) is 10.5. The number of nitrogens with one attached hydrogen (secondary N) is 1. The van der Waals surface area contributed by atoms with Gasteiger partial charge >= 0.3 is 0 Å². The first-order valence-corrected chi connectivity index (χ1v) is 7.12. The third kappa shape index (κ3) is 2.96. The number of para-hydroxylation sites is 2. The molecule has 1 aliphatic rings. The van der Waals surface area contributed by atoms with Crippen LogP contribution in [0.1, 0.15) is 25.1 Å². The van der Waals surface area contributed by atoms with Gasteiger partial charge in [0.15, 0.2) is 0 Å². The maximum absolute atomic E-state index is 9.05. The zero-order valence-corrected chi connectivity index (χ0v) is 11.2. The highest BCUT2D eigenvalue weighted by molar-refractivity contribution is 5.74. The molecule has 0 saturated carbocycles. The number of hydrogen-bond acceptors (Lipinski definition) is 3. The molecule has 0 aliphatic carbocycles. The molecule has 0 bridgehead atoms. The lowest BCUT2D eigenvalue weighted by atomic mass is 9.95. The largest absolute Gasteiger partial charge is 0.396 e. The summed E-state index contributed by atoms with van der Waals surface area (Å²) in [5.74, 6) is 1.69. The van der Waals surface area contributed by atoms with Gasteiger partial charge in [-0.3, -0.25) is 4.90 Å². The van der Waals surface area contributed by atoms with Crippen LogP contribution in [0.15, 0.2) is 24.3 Å². The first kappa shape index (κ1) is 12.6. The van der Waals surface area contributed by atoms with E-state index in [0.717, 1.165) is 42.9 Å². The molecule has 2 aromatic rings. The second-order valence-electron chi connectivity index (χ2n) is 5.46. The number of imidazole rings is 1. The van der Waals surface area contributed by atoms with Crippen LogP contribution in [0.3, 0.4) is 0 Å². The Morgan fingerprint density at radius 1 is 1.37 bits per heavy atom. The molecule has 0 radical (unpaired) electrons. The monoisotopic (exact) mass is 259 g/mol. The minimum absolute atomic E-state index is 0.309. The highest BCUT2D eigenvalue weighted by Crippen LogP contribution is 2.21. The zero-order chi connectivity index (χ0) is 13.1. The molecular formula is C15H21N3O. The average Bonchev–Trinajstić information content (AvgIpc) is 2.81. The molecule has 1 aliphatic heterocycles. The molecule has 0 spiro atoms. The maximum Gasteiger partial charge on any atom is 0.121 e. The van der Waals surface area contributed by atoms with Crippen LogP contribution in [0.4, 0.5) is 0 Å². The van der Waals surface area contributed by atoms with Gasteiger partial charge in [-0.15, -0.1) is 0 Å². The van der Waals surface area contributed by atoms with Crippen molar-refractivity contribution in [1.29, 1.82) is 0 Å². The van der Waals surface area contributed by atoms with Gasteiger partial charge in [-0.05, 0) is 43.9 Å². The standard InChI is InChI=1S/C15H21N3O/c19-9-7-12-4-3-8-18(10-12)11-15-16-13-5-1-2-6-14(13)17-15/h1-2,5-6,12,19H,3-4,7-11H2,(H,16,17). The number of aliphatic hydroxyl groups is 1. The average molecular weight is 259 g/mol. The lowest BCUT2D eigenvalue weighted by Crippen LogP contribution is -2.35. The van der Waals surface area contributed by atoms with Crippen molar-refractivity contribution in [3.63, 3.8) is 0 Å². The Balaban J connectivity index is 1.67. The number of rotatable bonds is 4. The molecule has 19 heavy (non-hydrogen) atoms. The third-order valence-electron chi connectivity index (χ3n) is 3.95. The number of H-pyrrole nitrogens is 1. The van der Waals surface area contributed by atoms with E-state index in [4.69, 9.17) is 5.11 Å². The van der Waals surface area contributed by atoms with Gasteiger partial charge in [-0.2, -0.15) is 0 Å². The summed E-state index contributed by atoms with van der Waals surface area (Å²) >= 11 is 0. The molecule has 3 rings (SSSR count). The highest BCUT2D eigenvalue weighted by atomic mass is 16.3. The fourth-order valence-electron chi connectivity index (χ4n) is 3.01. The Morgan fingerprint density at radius 2 is 2.26 bits per heavy atom. The summed E-state index contributed by atoms with van der Waals surface area (Å²) in [6, 6.07) is 8.16. The van der Waals surface area contributed by atoms with Crippen molar-refractivity contribution >= 4 is 11.0 Å². The van der Waals surface area contributed by atoms with Crippen LogP contribution >= 0.6 is 0 Å². The molecule has 1 saturated heterocycles. The van der Waals surface area contributed by atoms with Crippen LogP contribution in [0.5, 0.6) is 0 Å². The van der Waals surface area contributed by atoms with Crippen LogP contribution in [-0.2, 0) is 6.54 Å². The third-order valence-corrected chi connectivity index (χ3v) is 3.95. The fourth-order valence-corrected chi connectivity index (χ4v) is 3.01. The summed E-state index contributed by atoms with van der Waals surface area (Å²) in [6.45, 7) is 3.41. The lowest BCUT2D eigenvalue weighted by molar-refractivity contribution is 0.140. The predicted octanol–water partition coefficient (Wildman–Crippen LogP) is 2.16. The summed E-state index contributed by atoms with van der Waals surface area (Å²) in [7, 11) is 0. The molecule has 4 nitrogen and oxygen atoms in total. The normalized spacial score (nSPS) is 21.0. The van der Waals surface area contributed by atoms with Gasteiger partial charge in [0.1, 0.15) is 5.82 Å². The van der Waals surface area contributed by atoms with Crippen molar-refractivity contribution < 1.29 is 5.11 Å². The van der Waals surface area contributed by atoms with Crippen molar-refractivity contribution in [3.05, 3.63) is 30.1 Å². The van der Waals surface area contributed by atoms with Gasteiger partial charge in [0.25, 0.3) is 0 Å². The summed E-state index contributed by atoms with van der Waals surface area (Å²) < 4.78 is 0. The van der Waals surface area contributed by atoms with E-state index < -0.39 is 0 Å². The molecule has 1 fully saturated rings. The number of aromatic nitrogens is 2. The molecule has 1 atom stereocenters. The summed E-state index contributed by atoms with van der Waals surface area (Å²) in [5.41, 5.74) is 2.16. The summed E-state index contributed by atoms with van der Waals surface area (Å²) in [5, 5.41) is 9.05. The van der Waals surface area contributed by atoms with E-state index >= 15 is 0 Å². The molecule has 2 N–H and O–H groups in total. The van der Waals surface area contributed by atoms with Crippen LogP contribution < -0.4 is 0 Å². The number of hydrogen-bond donors (Lipinski definition) is 2. The molecule has 102 valence electrons. The predicted molar refractivity (Wildman–Crippen MR) is 75.8 cm³/mol. The maximum atomic E-state index is 9.05. The van der Waals surface area contributed by atoms with Crippen molar-refractivity contribution in [2.24, 2.45) is 5.92 Å². The molecule has 4 heteroatoms. The minimum Gasteiger partial charge on any atom is -0.396 e. The topological polar surface area (TPSA) is 52.1 Å². The van der Waals surface area contributed by atoms with E-state index in [1.54, 1.807) is 0 Å². The van der Waals surface area contributed by atoms with Gasteiger partial charge in [-0.25, -0.2) is 4.98 Å². The van der Waals surface area contributed by atoms with E-state index in [2.05, 4.69) is 20.9 Å². The van der Waals surface area contributed by atoms with E-state index in [0.29, 0.717) is 12.5 Å². The number of aromatic amines is 1. The zero-order valence-electron chi connectivity index (χ0n) is 11.2. The smallest absolute Gasteiger partial charge is 0.121 e. The van der Waals surface area contributed by atoms with E-state index in [1.165, 1.54) is 12.8 Å². The number of likely N-dealkylation sites (tertiary alicyclic amines) is 1. The number of fused-ring (bicyclic) bond motifs is 1. The lowest BCUT2D eigenvalue weighted by Gasteiger charge is -2.31. The Labute approximate surface area is 113 Å². The van der Waals surface area contributed by atoms with Gasteiger partial charge in [0, 0.05) is 13.2 Å². The Hall–Kier alpha value is -1.39. The molecular weight excluding hydrogens is 238 g/mol. The van der Waals surface area contributed by atoms with E-state index in [-0.39, 0.29) is 0 Å². The van der Waals surface area contributed by atoms with E-state index in [1.807, 2.05) is 18.2 Å². The number of aliphatic hydroxyl groups excluding tert-OH is 1. The number of benzene rings is 1. The molecule has 1 aromatic carbocycles. The van der Waals surface area contributed by atoms with Gasteiger partial charge in [0.2, 0.25) is 0 Å². The molecule has 0 amide bonds. The van der Waals surface area contributed by atoms with Gasteiger partial charge < -0.3 is 10.1 Å². The van der Waals surface area contributed by atoms with E-state index in [9.17, 15) is 0 Å². The van der Waals surface area contributed by atoms with Gasteiger partial charge in [0.05, 0.1) is 17.6 Å². The van der Waals surface area contributed by atoms with Crippen LogP contribution in [0, 0.1) is 5.92 Å². The van der Waals surface area contributed by atoms with Crippen molar-refractivity contribution in [3.8, 4) is 0 Å². The Morgan fingerprint density at radius 3 is 3.11 bits per heavy atom. The molecule has 1 aromatic heterocycles. The number of piperidine rings is 1. The quantitative estimate of drug-likeness (QED) is 0.884. The Kier molecular flexibility index (Phi) is 3.80. The summed E-state index contributed by atoms with van der Waals surface area (Å²) in [6.07, 6.45) is 3.40. The van der Waals surface area contributed by atoms with Crippen LogP contribution in [0.25, 0.3) is 11.0 Å². The van der Waals surface area contributed by atoms with Crippen LogP contribution in [-0.4, -0.2) is 39.7 Å². The first-order valence-electron chi connectivity index (χ1n) is 7.12. The SMILES string of the molecule is OCCC1CCCN(Cc2nc3ccccc3[nH]2)C1. The second-order valence-corrected chi connectivity index (χ2v) is 5.46. The highest BCUT2D eigenvalue weighted by Gasteiger charge is 2.20. The van der Waals surface area contributed by atoms with Crippen molar-refractivity contribution in [1.82, 2.24) is 14.9 Å². The van der Waals surface area contributed by atoms with Gasteiger partial charge in [-0.1, -0.05) is 12.1 Å². The van der Waals surface area contributed by atoms with Crippen molar-refractivity contribution in [2.75, 3.05) is 19.7 Å².